The van der Waals surface area contributed by atoms with Gasteiger partial charge in [0.15, 0.2) is 6.10 Å². The van der Waals surface area contributed by atoms with Gasteiger partial charge in [0.2, 0.25) is 6.29 Å². The Labute approximate surface area is 174 Å². The molecule has 164 valence electrons. The molecule has 1 aromatic carbocycles. The van der Waals surface area contributed by atoms with E-state index in [4.69, 9.17) is 9.47 Å². The largest absolute Gasteiger partial charge is 0.479 e. The van der Waals surface area contributed by atoms with E-state index in [-0.39, 0.29) is 5.41 Å². The van der Waals surface area contributed by atoms with Crippen LogP contribution in [-0.2, 0) is 21.4 Å². The summed E-state index contributed by atoms with van der Waals surface area (Å²) in [6.07, 6.45) is -1.10. The second-order valence-electron chi connectivity index (χ2n) is 9.20. The van der Waals surface area contributed by atoms with Gasteiger partial charge in [0, 0.05) is 11.5 Å². The van der Waals surface area contributed by atoms with E-state index < -0.39 is 36.7 Å². The van der Waals surface area contributed by atoms with Crippen LogP contribution in [0.4, 0.5) is 0 Å². The molecule has 0 unspecified atom stereocenters. The summed E-state index contributed by atoms with van der Waals surface area (Å²) in [4.78, 5) is 11.3. The van der Waals surface area contributed by atoms with Gasteiger partial charge in [-0.3, -0.25) is 0 Å². The molecule has 0 radical (unpaired) electrons. The van der Waals surface area contributed by atoms with E-state index in [1.807, 2.05) is 12.1 Å². The summed E-state index contributed by atoms with van der Waals surface area (Å²) in [5.41, 5.74) is 2.73. The zero-order valence-electron chi connectivity index (χ0n) is 16.7. The molecular formula is C22H29NO7. The monoisotopic (exact) mass is 419 g/mol. The van der Waals surface area contributed by atoms with E-state index in [9.17, 15) is 25.2 Å². The highest BCUT2D eigenvalue weighted by Gasteiger charge is 2.52. The van der Waals surface area contributed by atoms with Gasteiger partial charge in [-0.25, -0.2) is 4.79 Å². The van der Waals surface area contributed by atoms with Crippen molar-refractivity contribution in [2.75, 3.05) is 6.54 Å². The van der Waals surface area contributed by atoms with Crippen molar-refractivity contribution < 1.29 is 34.7 Å². The van der Waals surface area contributed by atoms with Crippen molar-refractivity contribution in [2.45, 2.75) is 80.7 Å². The number of carbonyl (C=O) groups is 1. The van der Waals surface area contributed by atoms with Gasteiger partial charge in [-0.2, -0.15) is 0 Å². The van der Waals surface area contributed by atoms with E-state index in [0.717, 1.165) is 25.8 Å². The summed E-state index contributed by atoms with van der Waals surface area (Å²) in [5.74, 6) is -0.342. The molecule has 2 aliphatic heterocycles. The molecule has 0 amide bonds. The number of aliphatic hydroxyl groups is 3. The first-order valence-corrected chi connectivity index (χ1v) is 10.9. The summed E-state index contributed by atoms with van der Waals surface area (Å²) >= 11 is 0. The van der Waals surface area contributed by atoms with Gasteiger partial charge in [0.05, 0.1) is 0 Å². The Hall–Kier alpha value is -1.71. The standard InChI is InChI=1S/C22H29NO7/c24-16-17(25)19(20(27)28)30-21(18(16)26)29-12-5-4-11-9-15-13-3-1-2-6-22(13,7-8-23-15)14(11)10-12/h4-5,10,13,15-19,21,23-26H,1-3,6-9H2,(H,27,28)/t13-,15-,16+,17+,18-,19+,21-,22+/m1/s1. The van der Waals surface area contributed by atoms with Crippen LogP contribution in [0.1, 0.15) is 43.2 Å². The molecule has 0 aromatic heterocycles. The Morgan fingerprint density at radius 3 is 2.77 bits per heavy atom. The van der Waals surface area contributed by atoms with Gasteiger partial charge in [-0.15, -0.1) is 0 Å². The third-order valence-electron chi connectivity index (χ3n) is 7.68. The van der Waals surface area contributed by atoms with Crippen molar-refractivity contribution >= 4 is 5.97 Å². The fraction of sp³-hybridized carbons (Fsp3) is 0.682. The number of fused-ring (bicyclic) bond motifs is 1. The second kappa shape index (κ2) is 7.46. The Kier molecular flexibility index (Phi) is 5.02. The second-order valence-corrected chi connectivity index (χ2v) is 9.20. The lowest BCUT2D eigenvalue weighted by Crippen LogP contribution is -2.61. The summed E-state index contributed by atoms with van der Waals surface area (Å²) < 4.78 is 11.1. The first kappa shape index (κ1) is 20.2. The van der Waals surface area contributed by atoms with Gasteiger partial charge < -0.3 is 35.2 Å². The summed E-state index contributed by atoms with van der Waals surface area (Å²) in [6.45, 7) is 1.00. The van der Waals surface area contributed by atoms with Crippen LogP contribution in [0.25, 0.3) is 0 Å². The van der Waals surface area contributed by atoms with Gasteiger partial charge in [0.1, 0.15) is 24.1 Å². The molecule has 30 heavy (non-hydrogen) atoms. The molecule has 1 aromatic rings. The lowest BCUT2D eigenvalue weighted by atomic mass is 9.53. The van der Waals surface area contributed by atoms with Crippen molar-refractivity contribution in [3.05, 3.63) is 29.3 Å². The van der Waals surface area contributed by atoms with E-state index in [0.29, 0.717) is 17.7 Å². The number of benzene rings is 1. The smallest absolute Gasteiger partial charge is 0.335 e. The minimum atomic E-state index is -1.73. The van der Waals surface area contributed by atoms with Crippen LogP contribution >= 0.6 is 0 Å². The number of aliphatic carboxylic acids is 1. The van der Waals surface area contributed by atoms with E-state index >= 15 is 0 Å². The average Bonchev–Trinajstić information content (AvgIpc) is 2.74. The Morgan fingerprint density at radius 2 is 1.97 bits per heavy atom. The normalized spacial score (nSPS) is 42.7. The van der Waals surface area contributed by atoms with Crippen LogP contribution in [0.3, 0.4) is 0 Å². The predicted molar refractivity (Wildman–Crippen MR) is 105 cm³/mol. The topological polar surface area (TPSA) is 128 Å². The molecule has 2 aliphatic carbocycles. The quantitative estimate of drug-likeness (QED) is 0.473. The van der Waals surface area contributed by atoms with Gasteiger partial charge in [0.25, 0.3) is 0 Å². The Morgan fingerprint density at radius 1 is 1.13 bits per heavy atom. The first-order valence-electron chi connectivity index (χ1n) is 10.9. The SMILES string of the molecule is O=C(O)[C@H]1O[C@@H](Oc2ccc3c(c2)[C@]24CCCC[C@@H]2[C@@H](C3)NCC4)[C@H](O)[C@@H](O)[C@@H]1O. The molecule has 1 saturated carbocycles. The minimum absolute atomic E-state index is 0.131. The molecule has 8 heteroatoms. The molecular weight excluding hydrogens is 390 g/mol. The maximum Gasteiger partial charge on any atom is 0.335 e. The number of carboxylic acids is 1. The van der Waals surface area contributed by atoms with Crippen molar-refractivity contribution in [2.24, 2.45) is 5.92 Å². The number of hydrogen-bond acceptors (Lipinski definition) is 7. The highest BCUT2D eigenvalue weighted by molar-refractivity contribution is 5.73. The zero-order chi connectivity index (χ0) is 21.0. The van der Waals surface area contributed by atoms with Crippen molar-refractivity contribution in [1.29, 1.82) is 0 Å². The third-order valence-corrected chi connectivity index (χ3v) is 7.68. The average molecular weight is 419 g/mol. The molecule has 8 atom stereocenters. The van der Waals surface area contributed by atoms with E-state index in [1.165, 1.54) is 30.4 Å². The first-order chi connectivity index (χ1) is 14.4. The fourth-order valence-corrected chi connectivity index (χ4v) is 6.26. The van der Waals surface area contributed by atoms with Crippen LogP contribution < -0.4 is 10.1 Å². The Balaban J connectivity index is 1.44. The molecule has 5 rings (SSSR count). The number of hydrogen-bond donors (Lipinski definition) is 5. The number of nitrogens with one attached hydrogen (secondary N) is 1. The van der Waals surface area contributed by atoms with Crippen molar-refractivity contribution in [1.82, 2.24) is 5.32 Å². The molecule has 0 spiro atoms. The molecule has 8 nitrogen and oxygen atoms in total. The van der Waals surface area contributed by atoms with Crippen LogP contribution in [0.15, 0.2) is 18.2 Å². The minimum Gasteiger partial charge on any atom is -0.479 e. The molecule has 2 heterocycles. The van der Waals surface area contributed by atoms with E-state index in [2.05, 4.69) is 5.32 Å². The van der Waals surface area contributed by atoms with Crippen molar-refractivity contribution in [3.63, 3.8) is 0 Å². The van der Waals surface area contributed by atoms with Gasteiger partial charge in [-0.1, -0.05) is 18.9 Å². The number of aliphatic hydroxyl groups excluding tert-OH is 3. The third kappa shape index (κ3) is 3.05. The van der Waals surface area contributed by atoms with Crippen LogP contribution in [-0.4, -0.2) is 69.7 Å². The van der Waals surface area contributed by atoms with Crippen LogP contribution in [0.5, 0.6) is 5.75 Å². The molecule has 3 fully saturated rings. The van der Waals surface area contributed by atoms with Crippen LogP contribution in [0.2, 0.25) is 0 Å². The molecule has 2 saturated heterocycles. The molecule has 2 bridgehead atoms. The van der Waals surface area contributed by atoms with Crippen molar-refractivity contribution in [3.8, 4) is 5.75 Å². The summed E-state index contributed by atoms with van der Waals surface area (Å²) in [5, 5.41) is 43.1. The summed E-state index contributed by atoms with van der Waals surface area (Å²) in [7, 11) is 0. The maximum atomic E-state index is 11.3. The number of piperidine rings is 1. The highest BCUT2D eigenvalue weighted by atomic mass is 16.7. The number of rotatable bonds is 3. The lowest BCUT2D eigenvalue weighted by Gasteiger charge is -2.56. The molecule has 4 aliphatic rings. The highest BCUT2D eigenvalue weighted by Crippen LogP contribution is 2.54. The number of carboxylic acid groups (broad SMARTS) is 1. The number of ether oxygens (including phenoxy) is 2. The maximum absolute atomic E-state index is 11.3. The van der Waals surface area contributed by atoms with Crippen LogP contribution in [0, 0.1) is 5.92 Å². The van der Waals surface area contributed by atoms with Gasteiger partial charge >= 0.3 is 5.97 Å². The lowest BCUT2D eigenvalue weighted by molar-refractivity contribution is -0.271. The van der Waals surface area contributed by atoms with Gasteiger partial charge in [-0.05, 0) is 61.4 Å². The van der Waals surface area contributed by atoms with E-state index in [1.54, 1.807) is 6.07 Å². The predicted octanol–water partition coefficient (Wildman–Crippen LogP) is 0.304. The fourth-order valence-electron chi connectivity index (χ4n) is 6.26. The Bertz CT molecular complexity index is 828. The molecule has 5 N–H and O–H groups in total. The zero-order valence-corrected chi connectivity index (χ0v) is 16.7. The summed E-state index contributed by atoms with van der Waals surface area (Å²) in [6, 6.07) is 6.37.